The number of hydrogen-bond acceptors (Lipinski definition) is 2. The molecule has 2 nitrogen and oxygen atoms in total. The Morgan fingerprint density at radius 2 is 1.94 bits per heavy atom. The Morgan fingerprint density at radius 1 is 1.22 bits per heavy atom. The fraction of sp³-hybridized carbons (Fsp3) is 0.625. The zero-order chi connectivity index (χ0) is 13.1. The Morgan fingerprint density at radius 3 is 2.56 bits per heavy atom. The van der Waals surface area contributed by atoms with Crippen molar-refractivity contribution in [3.8, 4) is 5.75 Å². The largest absolute Gasteiger partial charge is 0.491 e. The van der Waals surface area contributed by atoms with Crippen LogP contribution >= 0.6 is 0 Å². The molecule has 1 aliphatic carbocycles. The molecule has 2 N–H and O–H groups in total. The molecule has 0 amide bonds. The summed E-state index contributed by atoms with van der Waals surface area (Å²) < 4.78 is 5.88. The van der Waals surface area contributed by atoms with E-state index in [-0.39, 0.29) is 12.1 Å². The molecular weight excluding hydrogens is 222 g/mol. The van der Waals surface area contributed by atoms with E-state index in [9.17, 15) is 0 Å². The molecule has 0 aromatic heterocycles. The summed E-state index contributed by atoms with van der Waals surface area (Å²) >= 11 is 0. The van der Waals surface area contributed by atoms with Crippen LogP contribution in [0, 0.1) is 11.8 Å². The van der Waals surface area contributed by atoms with E-state index in [0.29, 0.717) is 5.92 Å². The molecule has 3 atom stereocenters. The summed E-state index contributed by atoms with van der Waals surface area (Å²) in [6.07, 6.45) is 4.07. The summed E-state index contributed by atoms with van der Waals surface area (Å²) in [6, 6.07) is 8.34. The third kappa shape index (κ3) is 2.86. The highest BCUT2D eigenvalue weighted by Gasteiger charge is 2.30. The smallest absolute Gasteiger partial charge is 0.124 e. The molecule has 1 saturated carbocycles. The van der Waals surface area contributed by atoms with Gasteiger partial charge in [-0.2, -0.15) is 0 Å². The van der Waals surface area contributed by atoms with E-state index in [4.69, 9.17) is 10.5 Å². The second-order valence-electron chi connectivity index (χ2n) is 5.80. The van der Waals surface area contributed by atoms with Crippen molar-refractivity contribution in [1.29, 1.82) is 0 Å². The Kier molecular flexibility index (Phi) is 4.28. The van der Waals surface area contributed by atoms with Crippen molar-refractivity contribution in [2.45, 2.75) is 52.2 Å². The molecule has 1 aromatic carbocycles. The SMILES string of the molecule is CC(C)Oc1ccccc1C(N)C1CCCC1C. The summed E-state index contributed by atoms with van der Waals surface area (Å²) in [5, 5.41) is 0. The van der Waals surface area contributed by atoms with Crippen molar-refractivity contribution in [1.82, 2.24) is 0 Å². The van der Waals surface area contributed by atoms with Gasteiger partial charge in [-0.3, -0.25) is 0 Å². The van der Waals surface area contributed by atoms with Gasteiger partial charge in [-0.05, 0) is 38.2 Å². The molecule has 0 spiro atoms. The second kappa shape index (κ2) is 5.75. The molecule has 3 unspecified atom stereocenters. The van der Waals surface area contributed by atoms with Crippen LogP contribution in [-0.2, 0) is 0 Å². The second-order valence-corrected chi connectivity index (χ2v) is 5.80. The first-order valence-corrected chi connectivity index (χ1v) is 7.10. The number of para-hydroxylation sites is 1. The van der Waals surface area contributed by atoms with Crippen LogP contribution in [0.3, 0.4) is 0 Å². The van der Waals surface area contributed by atoms with Gasteiger partial charge in [0.15, 0.2) is 0 Å². The first-order chi connectivity index (χ1) is 8.59. The Hall–Kier alpha value is -1.02. The van der Waals surface area contributed by atoms with Crippen molar-refractivity contribution in [3.63, 3.8) is 0 Å². The summed E-state index contributed by atoms with van der Waals surface area (Å²) in [5.74, 6) is 2.29. The maximum absolute atomic E-state index is 6.49. The highest BCUT2D eigenvalue weighted by molar-refractivity contribution is 5.36. The van der Waals surface area contributed by atoms with E-state index in [1.807, 2.05) is 12.1 Å². The zero-order valence-electron chi connectivity index (χ0n) is 11.7. The number of ether oxygens (including phenoxy) is 1. The molecular formula is C16H25NO. The lowest BCUT2D eigenvalue weighted by atomic mass is 9.86. The quantitative estimate of drug-likeness (QED) is 0.875. The third-order valence-electron chi connectivity index (χ3n) is 4.03. The molecule has 0 aliphatic heterocycles. The van der Waals surface area contributed by atoms with Crippen LogP contribution in [0.1, 0.15) is 51.6 Å². The Labute approximate surface area is 111 Å². The monoisotopic (exact) mass is 247 g/mol. The predicted octanol–water partition coefficient (Wildman–Crippen LogP) is 3.91. The summed E-state index contributed by atoms with van der Waals surface area (Å²) in [4.78, 5) is 0. The molecule has 18 heavy (non-hydrogen) atoms. The first kappa shape index (κ1) is 13.4. The number of hydrogen-bond donors (Lipinski definition) is 1. The molecule has 0 heterocycles. The van der Waals surface area contributed by atoms with Crippen molar-refractivity contribution in [3.05, 3.63) is 29.8 Å². The fourth-order valence-electron chi connectivity index (χ4n) is 3.06. The van der Waals surface area contributed by atoms with Crippen molar-refractivity contribution in [2.75, 3.05) is 0 Å². The van der Waals surface area contributed by atoms with Gasteiger partial charge >= 0.3 is 0 Å². The highest BCUT2D eigenvalue weighted by Crippen LogP contribution is 2.41. The molecule has 100 valence electrons. The predicted molar refractivity (Wildman–Crippen MR) is 75.6 cm³/mol. The first-order valence-electron chi connectivity index (χ1n) is 7.10. The van der Waals surface area contributed by atoms with Crippen molar-refractivity contribution in [2.24, 2.45) is 17.6 Å². The van der Waals surface area contributed by atoms with Gasteiger partial charge < -0.3 is 10.5 Å². The van der Waals surface area contributed by atoms with Crippen LogP contribution in [0.2, 0.25) is 0 Å². The van der Waals surface area contributed by atoms with Gasteiger partial charge in [0.25, 0.3) is 0 Å². The lowest BCUT2D eigenvalue weighted by Crippen LogP contribution is -2.24. The molecule has 1 aliphatic rings. The van der Waals surface area contributed by atoms with Crippen molar-refractivity contribution < 1.29 is 4.74 Å². The minimum atomic E-state index is 0.109. The van der Waals surface area contributed by atoms with Crippen LogP contribution < -0.4 is 10.5 Å². The van der Waals surface area contributed by atoms with E-state index in [1.165, 1.54) is 24.8 Å². The van der Waals surface area contributed by atoms with E-state index >= 15 is 0 Å². The lowest BCUT2D eigenvalue weighted by Gasteiger charge is -2.26. The summed E-state index contributed by atoms with van der Waals surface area (Å²) in [5.41, 5.74) is 7.66. The number of nitrogens with two attached hydrogens (primary N) is 1. The number of benzene rings is 1. The Bertz CT molecular complexity index is 388. The van der Waals surface area contributed by atoms with Crippen LogP contribution in [0.25, 0.3) is 0 Å². The van der Waals surface area contributed by atoms with Crippen LogP contribution in [0.5, 0.6) is 5.75 Å². The van der Waals surface area contributed by atoms with Gasteiger partial charge in [0.2, 0.25) is 0 Å². The minimum absolute atomic E-state index is 0.109. The van der Waals surface area contributed by atoms with Gasteiger partial charge in [0.1, 0.15) is 5.75 Å². The van der Waals surface area contributed by atoms with E-state index in [2.05, 4.69) is 32.9 Å². The van der Waals surface area contributed by atoms with E-state index < -0.39 is 0 Å². The lowest BCUT2D eigenvalue weighted by molar-refractivity contribution is 0.234. The maximum atomic E-state index is 6.49. The molecule has 2 heteroatoms. The minimum Gasteiger partial charge on any atom is -0.491 e. The van der Waals surface area contributed by atoms with Gasteiger partial charge in [-0.25, -0.2) is 0 Å². The van der Waals surface area contributed by atoms with Gasteiger partial charge in [-0.1, -0.05) is 38.0 Å². The highest BCUT2D eigenvalue weighted by atomic mass is 16.5. The van der Waals surface area contributed by atoms with E-state index in [0.717, 1.165) is 11.7 Å². The maximum Gasteiger partial charge on any atom is 0.124 e. The third-order valence-corrected chi connectivity index (χ3v) is 4.03. The Balaban J connectivity index is 2.21. The van der Waals surface area contributed by atoms with Gasteiger partial charge in [0.05, 0.1) is 6.10 Å². The molecule has 2 rings (SSSR count). The molecule has 0 radical (unpaired) electrons. The van der Waals surface area contributed by atoms with Gasteiger partial charge in [-0.15, -0.1) is 0 Å². The topological polar surface area (TPSA) is 35.2 Å². The standard InChI is InChI=1S/C16H25NO/c1-11(2)18-15-10-5-4-8-14(15)16(17)13-9-6-7-12(13)3/h4-5,8,10-13,16H,6-7,9,17H2,1-3H3. The van der Waals surface area contributed by atoms with E-state index in [1.54, 1.807) is 0 Å². The fourth-order valence-corrected chi connectivity index (χ4v) is 3.06. The van der Waals surface area contributed by atoms with Gasteiger partial charge in [0, 0.05) is 11.6 Å². The summed E-state index contributed by atoms with van der Waals surface area (Å²) in [7, 11) is 0. The van der Waals surface area contributed by atoms with Crippen LogP contribution in [0.15, 0.2) is 24.3 Å². The molecule has 1 fully saturated rings. The van der Waals surface area contributed by atoms with Crippen LogP contribution in [-0.4, -0.2) is 6.10 Å². The normalized spacial score (nSPS) is 25.4. The zero-order valence-corrected chi connectivity index (χ0v) is 11.7. The molecule has 0 saturated heterocycles. The summed E-state index contributed by atoms with van der Waals surface area (Å²) in [6.45, 7) is 6.43. The average molecular weight is 247 g/mol. The number of rotatable bonds is 4. The average Bonchev–Trinajstić information content (AvgIpc) is 2.74. The molecule has 0 bridgehead atoms. The molecule has 1 aromatic rings. The van der Waals surface area contributed by atoms with Crippen molar-refractivity contribution >= 4 is 0 Å². The van der Waals surface area contributed by atoms with Crippen LogP contribution in [0.4, 0.5) is 0 Å².